The molecule has 108 valence electrons. The predicted molar refractivity (Wildman–Crippen MR) is 72.7 cm³/mol. The molecule has 2 aliphatic rings. The lowest BCUT2D eigenvalue weighted by Gasteiger charge is -2.29. The van der Waals surface area contributed by atoms with E-state index in [0.29, 0.717) is 13.1 Å². The van der Waals surface area contributed by atoms with E-state index < -0.39 is 17.9 Å². The molecule has 1 fully saturated rings. The quantitative estimate of drug-likeness (QED) is 0.850. The molecule has 2 atom stereocenters. The first kappa shape index (κ1) is 13.4. The zero-order valence-corrected chi connectivity index (χ0v) is 11.7. The van der Waals surface area contributed by atoms with Crippen LogP contribution in [0.15, 0.2) is 11.4 Å². The van der Waals surface area contributed by atoms with E-state index in [0.717, 1.165) is 6.42 Å². The molecule has 1 aromatic heterocycles. The molecular weight excluding hydrogens is 280 g/mol. The van der Waals surface area contributed by atoms with Crippen molar-refractivity contribution in [2.75, 3.05) is 19.8 Å². The van der Waals surface area contributed by atoms with Crippen molar-refractivity contribution in [3.63, 3.8) is 0 Å². The largest absolute Gasteiger partial charge is 0.481 e. The van der Waals surface area contributed by atoms with E-state index in [1.54, 1.807) is 16.2 Å². The SMILES string of the molecule is O=C(O)C1COCC1NC(=O)N1CCc2sccc2C1. The molecule has 3 heterocycles. The summed E-state index contributed by atoms with van der Waals surface area (Å²) in [6, 6.07) is 1.39. The fourth-order valence-electron chi connectivity index (χ4n) is 2.61. The van der Waals surface area contributed by atoms with Crippen LogP contribution >= 0.6 is 11.3 Å². The van der Waals surface area contributed by atoms with Gasteiger partial charge in [-0.1, -0.05) is 0 Å². The molecular formula is C13H16N2O4S. The topological polar surface area (TPSA) is 78.9 Å². The number of urea groups is 1. The highest BCUT2D eigenvalue weighted by Gasteiger charge is 2.36. The molecule has 0 aromatic carbocycles. The first-order valence-electron chi connectivity index (χ1n) is 6.56. The highest BCUT2D eigenvalue weighted by molar-refractivity contribution is 7.10. The van der Waals surface area contributed by atoms with Crippen molar-refractivity contribution in [3.8, 4) is 0 Å². The van der Waals surface area contributed by atoms with Gasteiger partial charge in [0.1, 0.15) is 5.92 Å². The van der Waals surface area contributed by atoms with E-state index in [1.165, 1.54) is 10.4 Å². The normalized spacial score (nSPS) is 25.3. The van der Waals surface area contributed by atoms with Gasteiger partial charge in [-0.05, 0) is 23.4 Å². The molecule has 2 unspecified atom stereocenters. The molecule has 2 N–H and O–H groups in total. The summed E-state index contributed by atoms with van der Waals surface area (Å²) in [5, 5.41) is 13.9. The molecule has 6 nitrogen and oxygen atoms in total. The smallest absolute Gasteiger partial charge is 0.318 e. The summed E-state index contributed by atoms with van der Waals surface area (Å²) >= 11 is 1.72. The van der Waals surface area contributed by atoms with Crippen molar-refractivity contribution < 1.29 is 19.4 Å². The number of carboxylic acid groups (broad SMARTS) is 1. The van der Waals surface area contributed by atoms with Gasteiger partial charge in [-0.25, -0.2) is 4.79 Å². The van der Waals surface area contributed by atoms with Crippen LogP contribution in [-0.4, -0.2) is 47.8 Å². The third-order valence-electron chi connectivity index (χ3n) is 3.80. The summed E-state index contributed by atoms with van der Waals surface area (Å²) in [5.41, 5.74) is 1.19. The number of carboxylic acids is 1. The Balaban J connectivity index is 1.61. The third-order valence-corrected chi connectivity index (χ3v) is 4.82. The Morgan fingerprint density at radius 2 is 2.30 bits per heavy atom. The van der Waals surface area contributed by atoms with Gasteiger partial charge in [0, 0.05) is 18.0 Å². The van der Waals surface area contributed by atoms with Crippen LogP contribution < -0.4 is 5.32 Å². The predicted octanol–water partition coefficient (Wildman–Crippen LogP) is 0.915. The van der Waals surface area contributed by atoms with Crippen LogP contribution in [-0.2, 0) is 22.5 Å². The van der Waals surface area contributed by atoms with E-state index in [-0.39, 0.29) is 19.2 Å². The average molecular weight is 296 g/mol. The van der Waals surface area contributed by atoms with Gasteiger partial charge in [0.05, 0.1) is 19.3 Å². The average Bonchev–Trinajstić information content (AvgIpc) is 3.05. The number of nitrogens with one attached hydrogen (secondary N) is 1. The van der Waals surface area contributed by atoms with Crippen LogP contribution in [0.1, 0.15) is 10.4 Å². The summed E-state index contributed by atoms with van der Waals surface area (Å²) in [4.78, 5) is 26.3. The molecule has 2 amide bonds. The molecule has 0 radical (unpaired) electrons. The van der Waals surface area contributed by atoms with Crippen molar-refractivity contribution in [1.29, 1.82) is 0 Å². The molecule has 1 aromatic rings. The van der Waals surface area contributed by atoms with Crippen LogP contribution in [0.3, 0.4) is 0 Å². The number of hydrogen-bond acceptors (Lipinski definition) is 4. The Morgan fingerprint density at radius 1 is 1.45 bits per heavy atom. The Morgan fingerprint density at radius 3 is 3.10 bits per heavy atom. The Labute approximate surface area is 120 Å². The van der Waals surface area contributed by atoms with Gasteiger partial charge in [0.2, 0.25) is 0 Å². The molecule has 3 rings (SSSR count). The Hall–Kier alpha value is -1.60. The van der Waals surface area contributed by atoms with Crippen molar-refractivity contribution in [1.82, 2.24) is 10.2 Å². The number of rotatable bonds is 2. The minimum atomic E-state index is -0.924. The summed E-state index contributed by atoms with van der Waals surface area (Å²) < 4.78 is 5.15. The second-order valence-electron chi connectivity index (χ2n) is 5.08. The zero-order valence-electron chi connectivity index (χ0n) is 10.9. The van der Waals surface area contributed by atoms with Gasteiger partial charge in [-0.3, -0.25) is 4.79 Å². The van der Waals surface area contributed by atoms with Crippen molar-refractivity contribution in [2.45, 2.75) is 19.0 Å². The summed E-state index contributed by atoms with van der Waals surface area (Å²) in [7, 11) is 0. The standard InChI is InChI=1S/C13H16N2O4S/c16-12(17)9-6-19-7-10(9)14-13(18)15-3-1-11-8(5-15)2-4-20-11/h2,4,9-10H,1,3,5-7H2,(H,14,18)(H,16,17). The third kappa shape index (κ3) is 2.51. The molecule has 0 spiro atoms. The van der Waals surface area contributed by atoms with E-state index in [9.17, 15) is 9.59 Å². The monoisotopic (exact) mass is 296 g/mol. The van der Waals surface area contributed by atoms with Gasteiger partial charge in [-0.15, -0.1) is 11.3 Å². The number of aliphatic carboxylic acids is 1. The maximum absolute atomic E-state index is 12.2. The summed E-state index contributed by atoms with van der Waals surface area (Å²) in [6.07, 6.45) is 0.865. The lowest BCUT2D eigenvalue weighted by atomic mass is 10.0. The fraction of sp³-hybridized carbons (Fsp3) is 0.538. The van der Waals surface area contributed by atoms with Crippen molar-refractivity contribution in [3.05, 3.63) is 21.9 Å². The molecule has 0 bridgehead atoms. The lowest BCUT2D eigenvalue weighted by molar-refractivity contribution is -0.142. The fourth-order valence-corrected chi connectivity index (χ4v) is 3.50. The number of ether oxygens (including phenoxy) is 1. The molecule has 20 heavy (non-hydrogen) atoms. The van der Waals surface area contributed by atoms with E-state index in [1.807, 2.05) is 11.4 Å². The van der Waals surface area contributed by atoms with Gasteiger partial charge in [0.25, 0.3) is 0 Å². The second-order valence-corrected chi connectivity index (χ2v) is 6.08. The number of carbonyl (C=O) groups excluding carboxylic acids is 1. The zero-order chi connectivity index (χ0) is 14.1. The van der Waals surface area contributed by atoms with Crippen LogP contribution in [0.25, 0.3) is 0 Å². The molecule has 2 aliphatic heterocycles. The molecule has 7 heteroatoms. The second kappa shape index (κ2) is 5.41. The van der Waals surface area contributed by atoms with Crippen LogP contribution in [0, 0.1) is 5.92 Å². The minimum absolute atomic E-state index is 0.162. The first-order valence-corrected chi connectivity index (χ1v) is 7.44. The number of amides is 2. The number of hydrogen-bond donors (Lipinski definition) is 2. The first-order chi connectivity index (χ1) is 9.65. The highest BCUT2D eigenvalue weighted by Crippen LogP contribution is 2.24. The Kier molecular flexibility index (Phi) is 3.62. The molecule has 0 aliphatic carbocycles. The van der Waals surface area contributed by atoms with Crippen LogP contribution in [0.2, 0.25) is 0 Å². The maximum Gasteiger partial charge on any atom is 0.318 e. The van der Waals surface area contributed by atoms with Crippen molar-refractivity contribution in [2.24, 2.45) is 5.92 Å². The Bertz CT molecular complexity index is 530. The molecule has 0 saturated carbocycles. The lowest BCUT2D eigenvalue weighted by Crippen LogP contribution is -2.49. The number of carbonyl (C=O) groups is 2. The number of fused-ring (bicyclic) bond motifs is 1. The van der Waals surface area contributed by atoms with Gasteiger partial charge in [0.15, 0.2) is 0 Å². The summed E-state index contributed by atoms with van der Waals surface area (Å²) in [5.74, 6) is -1.58. The van der Waals surface area contributed by atoms with E-state index >= 15 is 0 Å². The van der Waals surface area contributed by atoms with Gasteiger partial charge in [-0.2, -0.15) is 0 Å². The summed E-state index contributed by atoms with van der Waals surface area (Å²) in [6.45, 7) is 1.69. The van der Waals surface area contributed by atoms with Crippen LogP contribution in [0.4, 0.5) is 4.79 Å². The minimum Gasteiger partial charge on any atom is -0.481 e. The van der Waals surface area contributed by atoms with Gasteiger partial charge < -0.3 is 20.1 Å². The number of thiophene rings is 1. The van der Waals surface area contributed by atoms with Crippen LogP contribution in [0.5, 0.6) is 0 Å². The highest BCUT2D eigenvalue weighted by atomic mass is 32.1. The molecule has 1 saturated heterocycles. The van der Waals surface area contributed by atoms with Gasteiger partial charge >= 0.3 is 12.0 Å². The van der Waals surface area contributed by atoms with Crippen molar-refractivity contribution >= 4 is 23.3 Å². The number of nitrogens with zero attached hydrogens (tertiary/aromatic N) is 1. The van der Waals surface area contributed by atoms with E-state index in [2.05, 4.69) is 5.32 Å². The maximum atomic E-state index is 12.2. The van der Waals surface area contributed by atoms with E-state index in [4.69, 9.17) is 9.84 Å².